The Hall–Kier alpha value is -3.51. The Kier molecular flexibility index (Phi) is 6.52. The summed E-state index contributed by atoms with van der Waals surface area (Å²) in [4.78, 5) is 20.4. The molecule has 0 spiro atoms. The molecule has 1 fully saturated rings. The summed E-state index contributed by atoms with van der Waals surface area (Å²) >= 11 is 0. The summed E-state index contributed by atoms with van der Waals surface area (Å²) in [5.41, 5.74) is 0.802. The zero-order chi connectivity index (χ0) is 25.4. The smallest absolute Gasteiger partial charge is 0.451 e. The van der Waals surface area contributed by atoms with Crippen molar-refractivity contribution in [2.45, 2.75) is 23.9 Å². The third-order valence-electron chi connectivity index (χ3n) is 5.79. The number of carbonyl (C=O) groups is 1. The van der Waals surface area contributed by atoms with E-state index in [1.807, 2.05) is 0 Å². The van der Waals surface area contributed by atoms with Gasteiger partial charge >= 0.3 is 12.1 Å². The van der Waals surface area contributed by atoms with E-state index in [1.54, 1.807) is 41.3 Å². The average Bonchev–Trinajstić information content (AvgIpc) is 2.83. The summed E-state index contributed by atoms with van der Waals surface area (Å²) in [6, 6.07) is 13.7. The molecule has 1 saturated heterocycles. The fraction of sp³-hybridized carbons (Fsp3) is 0.261. The molecule has 1 aliphatic heterocycles. The molecule has 1 aliphatic rings. The topological polar surface area (TPSA) is 126 Å². The maximum Gasteiger partial charge on any atom is 0.451 e. The minimum absolute atomic E-state index is 0.0325. The number of anilines is 1. The van der Waals surface area contributed by atoms with Crippen LogP contribution in [-0.4, -0.2) is 42.6 Å². The van der Waals surface area contributed by atoms with Gasteiger partial charge < -0.3 is 10.0 Å². The average molecular weight is 507 g/mol. The van der Waals surface area contributed by atoms with Gasteiger partial charge in [0, 0.05) is 18.7 Å². The first kappa shape index (κ1) is 24.6. The van der Waals surface area contributed by atoms with Crippen LogP contribution < -0.4 is 10.0 Å². The van der Waals surface area contributed by atoms with Crippen molar-refractivity contribution in [1.29, 1.82) is 0 Å². The second-order valence-corrected chi connectivity index (χ2v) is 9.69. The Morgan fingerprint density at radius 2 is 1.63 bits per heavy atom. The number of benzene rings is 2. The van der Waals surface area contributed by atoms with Crippen molar-refractivity contribution in [1.82, 2.24) is 9.97 Å². The van der Waals surface area contributed by atoms with Crippen LogP contribution in [0, 0.1) is 5.92 Å². The van der Waals surface area contributed by atoms with E-state index >= 15 is 0 Å². The van der Waals surface area contributed by atoms with Gasteiger partial charge in [-0.05, 0) is 30.5 Å². The van der Waals surface area contributed by atoms with Gasteiger partial charge in [0.05, 0.1) is 22.1 Å². The maximum absolute atomic E-state index is 13.8. The normalized spacial score (nSPS) is 15.3. The van der Waals surface area contributed by atoms with Crippen molar-refractivity contribution < 1.29 is 31.5 Å². The number of alkyl halides is 3. The summed E-state index contributed by atoms with van der Waals surface area (Å²) in [6.45, 7) is 0.308. The Balaban J connectivity index is 1.99. The highest BCUT2D eigenvalue weighted by Gasteiger charge is 2.38. The molecule has 4 rings (SSSR count). The Morgan fingerprint density at radius 1 is 1.00 bits per heavy atom. The van der Waals surface area contributed by atoms with Gasteiger partial charge in [-0.3, -0.25) is 4.79 Å². The molecule has 1 aromatic heterocycles. The van der Waals surface area contributed by atoms with Crippen LogP contribution >= 0.6 is 0 Å². The SMILES string of the molecule is NS(=O)(=O)c1cccc(-c2c(-c3ccccc3)nc(C(F)(F)F)nc2N2CCC(C(=O)O)CC2)c1. The first-order valence-electron chi connectivity index (χ1n) is 10.6. The third-order valence-corrected chi connectivity index (χ3v) is 6.70. The quantitative estimate of drug-likeness (QED) is 0.539. The van der Waals surface area contributed by atoms with Crippen molar-refractivity contribution in [2.24, 2.45) is 11.1 Å². The summed E-state index contributed by atoms with van der Waals surface area (Å²) in [5, 5.41) is 14.6. The van der Waals surface area contributed by atoms with Crippen LogP contribution in [0.4, 0.5) is 19.0 Å². The lowest BCUT2D eigenvalue weighted by Gasteiger charge is -2.33. The van der Waals surface area contributed by atoms with Gasteiger partial charge in [-0.15, -0.1) is 0 Å². The zero-order valence-electron chi connectivity index (χ0n) is 18.2. The second-order valence-electron chi connectivity index (χ2n) is 8.13. The summed E-state index contributed by atoms with van der Waals surface area (Å²) < 4.78 is 65.5. The van der Waals surface area contributed by atoms with Crippen LogP contribution in [0.1, 0.15) is 18.7 Å². The van der Waals surface area contributed by atoms with Crippen LogP contribution in [0.2, 0.25) is 0 Å². The summed E-state index contributed by atoms with van der Waals surface area (Å²) in [5.74, 6) is -2.98. The zero-order valence-corrected chi connectivity index (χ0v) is 19.1. The fourth-order valence-corrected chi connectivity index (χ4v) is 4.60. The molecule has 3 N–H and O–H groups in total. The van der Waals surface area contributed by atoms with Gasteiger partial charge in [-0.25, -0.2) is 23.5 Å². The number of piperidine rings is 1. The van der Waals surface area contributed by atoms with E-state index in [0.29, 0.717) is 5.56 Å². The van der Waals surface area contributed by atoms with Gasteiger partial charge in [0.25, 0.3) is 0 Å². The van der Waals surface area contributed by atoms with E-state index in [0.717, 1.165) is 0 Å². The minimum Gasteiger partial charge on any atom is -0.481 e. The lowest BCUT2D eigenvalue weighted by molar-refractivity contribution is -0.144. The standard InChI is InChI=1S/C23H21F3N4O4S/c24-23(25,26)22-28-19(14-5-2-1-3-6-14)18(16-7-4-8-17(13-16)35(27,33)34)20(29-22)30-11-9-15(10-12-30)21(31)32/h1-8,13,15H,9-12H2,(H,31,32)(H2,27,33,34). The molecule has 0 aliphatic carbocycles. The van der Waals surface area contributed by atoms with Gasteiger partial charge in [-0.1, -0.05) is 42.5 Å². The van der Waals surface area contributed by atoms with Crippen molar-refractivity contribution in [3.05, 3.63) is 60.4 Å². The molecule has 184 valence electrons. The molecule has 0 unspecified atom stereocenters. The van der Waals surface area contributed by atoms with Crippen molar-refractivity contribution in [3.63, 3.8) is 0 Å². The highest BCUT2D eigenvalue weighted by Crippen LogP contribution is 2.41. The van der Waals surface area contributed by atoms with Crippen molar-refractivity contribution in [3.8, 4) is 22.4 Å². The van der Waals surface area contributed by atoms with Crippen molar-refractivity contribution in [2.75, 3.05) is 18.0 Å². The molecule has 0 saturated carbocycles. The molecule has 0 bridgehead atoms. The monoisotopic (exact) mass is 506 g/mol. The highest BCUT2D eigenvalue weighted by molar-refractivity contribution is 7.89. The summed E-state index contributed by atoms with van der Waals surface area (Å²) in [7, 11) is -4.10. The second kappa shape index (κ2) is 9.27. The van der Waals surface area contributed by atoms with Crippen LogP contribution in [0.5, 0.6) is 0 Å². The van der Waals surface area contributed by atoms with Crippen LogP contribution in [-0.2, 0) is 21.0 Å². The molecule has 0 radical (unpaired) electrons. The number of aromatic nitrogens is 2. The van der Waals surface area contributed by atoms with E-state index in [2.05, 4.69) is 9.97 Å². The number of primary sulfonamides is 1. The van der Waals surface area contributed by atoms with E-state index in [4.69, 9.17) is 5.14 Å². The fourth-order valence-electron chi connectivity index (χ4n) is 4.04. The first-order valence-corrected chi connectivity index (χ1v) is 12.2. The predicted molar refractivity (Wildman–Crippen MR) is 122 cm³/mol. The largest absolute Gasteiger partial charge is 0.481 e. The Labute approximate surface area is 199 Å². The molecule has 0 atom stereocenters. The number of sulfonamides is 1. The first-order chi connectivity index (χ1) is 16.4. The van der Waals surface area contributed by atoms with Crippen molar-refractivity contribution >= 4 is 21.8 Å². The van der Waals surface area contributed by atoms with E-state index in [-0.39, 0.29) is 53.5 Å². The highest BCUT2D eigenvalue weighted by atomic mass is 32.2. The van der Waals surface area contributed by atoms with Gasteiger partial charge in [0.15, 0.2) is 0 Å². The van der Waals surface area contributed by atoms with Gasteiger partial charge in [-0.2, -0.15) is 13.2 Å². The molecule has 35 heavy (non-hydrogen) atoms. The number of hydrogen-bond donors (Lipinski definition) is 2. The molecular weight excluding hydrogens is 485 g/mol. The van der Waals surface area contributed by atoms with Crippen LogP contribution in [0.25, 0.3) is 22.4 Å². The maximum atomic E-state index is 13.8. The van der Waals surface area contributed by atoms with E-state index < -0.39 is 33.9 Å². The number of carboxylic acids is 1. The lowest BCUT2D eigenvalue weighted by Crippen LogP contribution is -2.37. The van der Waals surface area contributed by atoms with E-state index in [1.165, 1.54) is 18.2 Å². The predicted octanol–water partition coefficient (Wildman–Crippen LogP) is 3.78. The third kappa shape index (κ3) is 5.28. The van der Waals surface area contributed by atoms with Crippen LogP contribution in [0.15, 0.2) is 59.5 Å². The van der Waals surface area contributed by atoms with E-state index in [9.17, 15) is 31.5 Å². The molecule has 8 nitrogen and oxygen atoms in total. The number of aliphatic carboxylic acids is 1. The number of hydrogen-bond acceptors (Lipinski definition) is 6. The molecule has 3 aromatic rings. The molecule has 12 heteroatoms. The van der Waals surface area contributed by atoms with Crippen LogP contribution in [0.3, 0.4) is 0 Å². The number of nitrogens with zero attached hydrogens (tertiary/aromatic N) is 3. The number of nitrogens with two attached hydrogens (primary N) is 1. The number of halogens is 3. The van der Waals surface area contributed by atoms with Gasteiger partial charge in [0.2, 0.25) is 15.8 Å². The molecular formula is C23H21F3N4O4S. The number of rotatable bonds is 5. The Morgan fingerprint density at radius 3 is 2.20 bits per heavy atom. The number of carboxylic acid groups (broad SMARTS) is 1. The molecule has 2 aromatic carbocycles. The lowest BCUT2D eigenvalue weighted by atomic mass is 9.95. The summed E-state index contributed by atoms with van der Waals surface area (Å²) in [6.07, 6.45) is -4.41. The van der Waals surface area contributed by atoms with Gasteiger partial charge in [0.1, 0.15) is 5.82 Å². The minimum atomic E-state index is -4.85. The molecule has 0 amide bonds. The Bertz CT molecular complexity index is 1360. The molecule has 2 heterocycles.